The van der Waals surface area contributed by atoms with Crippen molar-refractivity contribution in [3.05, 3.63) is 0 Å². The molecule has 0 spiro atoms. The first-order valence-corrected chi connectivity index (χ1v) is 6.65. The molecule has 3 atom stereocenters. The van der Waals surface area contributed by atoms with E-state index >= 15 is 0 Å². The van der Waals surface area contributed by atoms with Gasteiger partial charge in [0.05, 0.1) is 0 Å². The largest absolute Gasteiger partial charge is 0.338 e. The van der Waals surface area contributed by atoms with Crippen molar-refractivity contribution < 1.29 is 4.79 Å². The zero-order chi connectivity index (χ0) is 11.7. The summed E-state index contributed by atoms with van der Waals surface area (Å²) >= 11 is 0. The van der Waals surface area contributed by atoms with E-state index in [2.05, 4.69) is 18.7 Å². The second-order valence-electron chi connectivity index (χ2n) is 5.58. The highest BCUT2D eigenvalue weighted by molar-refractivity contribution is 5.79. The minimum atomic E-state index is 0.222. The van der Waals surface area contributed by atoms with Gasteiger partial charge in [0.2, 0.25) is 5.91 Å². The number of carbonyl (C=O) groups is 1. The van der Waals surface area contributed by atoms with Crippen LogP contribution in [0.25, 0.3) is 0 Å². The molecule has 2 aliphatic rings. The zero-order valence-electron chi connectivity index (χ0n) is 10.5. The molecule has 3 nitrogen and oxygen atoms in total. The molecule has 0 aromatic carbocycles. The molecule has 3 unspecified atom stereocenters. The Morgan fingerprint density at radius 1 is 1.44 bits per heavy atom. The third-order valence-electron chi connectivity index (χ3n) is 4.36. The molecular formula is C13H24N2O. The minimum Gasteiger partial charge on any atom is -0.338 e. The monoisotopic (exact) mass is 224 g/mol. The SMILES string of the molecule is CC1CCCN(C(=O)C(C)C2CC2)C1CN. The minimum absolute atomic E-state index is 0.222. The lowest BCUT2D eigenvalue weighted by molar-refractivity contribution is -0.140. The van der Waals surface area contributed by atoms with Gasteiger partial charge in [0, 0.05) is 25.0 Å². The van der Waals surface area contributed by atoms with Crippen molar-refractivity contribution in [2.24, 2.45) is 23.5 Å². The average Bonchev–Trinajstić information content (AvgIpc) is 3.10. The summed E-state index contributed by atoms with van der Waals surface area (Å²) in [4.78, 5) is 14.4. The van der Waals surface area contributed by atoms with Gasteiger partial charge < -0.3 is 10.6 Å². The molecule has 1 amide bonds. The van der Waals surface area contributed by atoms with E-state index in [-0.39, 0.29) is 12.0 Å². The summed E-state index contributed by atoms with van der Waals surface area (Å²) < 4.78 is 0. The molecule has 0 aromatic rings. The highest BCUT2D eigenvalue weighted by Gasteiger charge is 2.38. The van der Waals surface area contributed by atoms with E-state index in [4.69, 9.17) is 5.73 Å². The van der Waals surface area contributed by atoms with Crippen molar-refractivity contribution in [2.75, 3.05) is 13.1 Å². The highest BCUT2D eigenvalue weighted by Crippen LogP contribution is 2.38. The molecule has 2 fully saturated rings. The van der Waals surface area contributed by atoms with Crippen molar-refractivity contribution in [3.63, 3.8) is 0 Å². The number of hydrogen-bond donors (Lipinski definition) is 1. The molecule has 0 aromatic heterocycles. The maximum absolute atomic E-state index is 12.4. The van der Waals surface area contributed by atoms with E-state index in [9.17, 15) is 4.79 Å². The summed E-state index contributed by atoms with van der Waals surface area (Å²) in [5, 5.41) is 0. The Balaban J connectivity index is 2.02. The Bertz CT molecular complexity index is 263. The number of hydrogen-bond acceptors (Lipinski definition) is 2. The first-order valence-electron chi connectivity index (χ1n) is 6.65. The topological polar surface area (TPSA) is 46.3 Å². The van der Waals surface area contributed by atoms with E-state index < -0.39 is 0 Å². The fourth-order valence-corrected chi connectivity index (χ4v) is 2.94. The Hall–Kier alpha value is -0.570. The predicted molar refractivity (Wildman–Crippen MR) is 64.8 cm³/mol. The first-order chi connectivity index (χ1) is 7.65. The van der Waals surface area contributed by atoms with Crippen LogP contribution in [0.5, 0.6) is 0 Å². The van der Waals surface area contributed by atoms with Gasteiger partial charge in [-0.05, 0) is 37.5 Å². The molecule has 1 saturated heterocycles. The van der Waals surface area contributed by atoms with E-state index in [0.29, 0.717) is 24.3 Å². The molecule has 0 radical (unpaired) electrons. The van der Waals surface area contributed by atoms with Crippen LogP contribution >= 0.6 is 0 Å². The molecule has 16 heavy (non-hydrogen) atoms. The second-order valence-corrected chi connectivity index (χ2v) is 5.58. The van der Waals surface area contributed by atoms with E-state index in [1.165, 1.54) is 19.3 Å². The summed E-state index contributed by atoms with van der Waals surface area (Å²) in [7, 11) is 0. The Morgan fingerprint density at radius 3 is 2.69 bits per heavy atom. The lowest BCUT2D eigenvalue weighted by atomic mass is 9.89. The molecule has 2 rings (SSSR count). The van der Waals surface area contributed by atoms with E-state index in [0.717, 1.165) is 13.0 Å². The van der Waals surface area contributed by atoms with Gasteiger partial charge in [-0.1, -0.05) is 13.8 Å². The predicted octanol–water partition coefficient (Wildman–Crippen LogP) is 1.62. The number of nitrogens with zero attached hydrogens (tertiary/aromatic N) is 1. The Morgan fingerprint density at radius 2 is 2.12 bits per heavy atom. The Labute approximate surface area is 98.4 Å². The summed E-state index contributed by atoms with van der Waals surface area (Å²) in [5.74, 6) is 1.79. The molecular weight excluding hydrogens is 200 g/mol. The van der Waals surface area contributed by atoms with Gasteiger partial charge in [0.1, 0.15) is 0 Å². The molecule has 1 aliphatic carbocycles. The van der Waals surface area contributed by atoms with Crippen LogP contribution < -0.4 is 5.73 Å². The van der Waals surface area contributed by atoms with Gasteiger partial charge in [-0.25, -0.2) is 0 Å². The van der Waals surface area contributed by atoms with Crippen molar-refractivity contribution in [1.29, 1.82) is 0 Å². The summed E-state index contributed by atoms with van der Waals surface area (Å²) in [6.07, 6.45) is 4.83. The molecule has 1 aliphatic heterocycles. The zero-order valence-corrected chi connectivity index (χ0v) is 10.5. The first kappa shape index (κ1) is 11.9. The number of carbonyl (C=O) groups excluding carboxylic acids is 1. The van der Waals surface area contributed by atoms with E-state index in [1.54, 1.807) is 0 Å². The highest BCUT2D eigenvalue weighted by atomic mass is 16.2. The van der Waals surface area contributed by atoms with Gasteiger partial charge in [-0.3, -0.25) is 4.79 Å². The molecule has 1 saturated carbocycles. The van der Waals surface area contributed by atoms with Crippen LogP contribution in [0.3, 0.4) is 0 Å². The molecule has 3 heteroatoms. The standard InChI is InChI=1S/C13H24N2O/c1-9-4-3-7-15(12(9)8-14)13(16)10(2)11-5-6-11/h9-12H,3-8,14H2,1-2H3. The van der Waals surface area contributed by atoms with Crippen LogP contribution in [0.4, 0.5) is 0 Å². The maximum atomic E-state index is 12.4. The fraction of sp³-hybridized carbons (Fsp3) is 0.923. The summed E-state index contributed by atoms with van der Waals surface area (Å²) in [6.45, 7) is 5.85. The van der Waals surface area contributed by atoms with Crippen LogP contribution in [0.1, 0.15) is 39.5 Å². The number of amides is 1. The van der Waals surface area contributed by atoms with E-state index in [1.807, 2.05) is 0 Å². The Kier molecular flexibility index (Phi) is 3.53. The van der Waals surface area contributed by atoms with Gasteiger partial charge >= 0.3 is 0 Å². The number of nitrogens with two attached hydrogens (primary N) is 1. The van der Waals surface area contributed by atoms with Crippen LogP contribution in [0.15, 0.2) is 0 Å². The van der Waals surface area contributed by atoms with Crippen LogP contribution in [-0.4, -0.2) is 29.9 Å². The molecule has 0 bridgehead atoms. The van der Waals surface area contributed by atoms with Gasteiger partial charge in [-0.15, -0.1) is 0 Å². The number of rotatable bonds is 3. The molecule has 92 valence electrons. The number of likely N-dealkylation sites (tertiary alicyclic amines) is 1. The van der Waals surface area contributed by atoms with Crippen LogP contribution in [0.2, 0.25) is 0 Å². The average molecular weight is 224 g/mol. The lowest BCUT2D eigenvalue weighted by Crippen LogP contribution is -2.53. The van der Waals surface area contributed by atoms with Crippen molar-refractivity contribution in [1.82, 2.24) is 4.90 Å². The van der Waals surface area contributed by atoms with Gasteiger partial charge in [-0.2, -0.15) is 0 Å². The lowest BCUT2D eigenvalue weighted by Gasteiger charge is -2.40. The second kappa shape index (κ2) is 4.74. The molecule has 1 heterocycles. The van der Waals surface area contributed by atoms with Crippen LogP contribution in [-0.2, 0) is 4.79 Å². The fourth-order valence-electron chi connectivity index (χ4n) is 2.94. The summed E-state index contributed by atoms with van der Waals surface area (Å²) in [6, 6.07) is 0.280. The van der Waals surface area contributed by atoms with Crippen molar-refractivity contribution in [2.45, 2.75) is 45.6 Å². The maximum Gasteiger partial charge on any atom is 0.225 e. The smallest absolute Gasteiger partial charge is 0.225 e. The molecule has 2 N–H and O–H groups in total. The van der Waals surface area contributed by atoms with Gasteiger partial charge in [0.25, 0.3) is 0 Å². The third kappa shape index (κ3) is 2.24. The quantitative estimate of drug-likeness (QED) is 0.792. The van der Waals surface area contributed by atoms with Crippen molar-refractivity contribution >= 4 is 5.91 Å². The van der Waals surface area contributed by atoms with Crippen LogP contribution in [0, 0.1) is 17.8 Å². The normalized spacial score (nSPS) is 32.6. The van der Waals surface area contributed by atoms with Gasteiger partial charge in [0.15, 0.2) is 0 Å². The summed E-state index contributed by atoms with van der Waals surface area (Å²) in [5.41, 5.74) is 5.82. The third-order valence-corrected chi connectivity index (χ3v) is 4.36. The number of piperidine rings is 1. The van der Waals surface area contributed by atoms with Crippen molar-refractivity contribution in [3.8, 4) is 0 Å².